The number of carbonyl (C=O) groups is 1. The fourth-order valence-corrected chi connectivity index (χ4v) is 1.87. The van der Waals surface area contributed by atoms with Gasteiger partial charge < -0.3 is 9.64 Å². The van der Waals surface area contributed by atoms with Crippen LogP contribution in [-0.4, -0.2) is 47.5 Å². The summed E-state index contributed by atoms with van der Waals surface area (Å²) >= 11 is 1.60. The van der Waals surface area contributed by atoms with Gasteiger partial charge in [0.1, 0.15) is 5.60 Å². The number of nitrogens with zero attached hydrogens (tertiary/aromatic N) is 2. The fourth-order valence-electron chi connectivity index (χ4n) is 1.37. The zero-order valence-corrected chi connectivity index (χ0v) is 11.3. The molecule has 0 bridgehead atoms. The summed E-state index contributed by atoms with van der Waals surface area (Å²) in [6.45, 7) is 7.75. The second-order valence-electron chi connectivity index (χ2n) is 4.74. The molecule has 1 heterocycles. The Labute approximate surface area is 101 Å². The number of carbonyl (C=O) groups excluding carboxylic acids is 1. The van der Waals surface area contributed by atoms with Crippen LogP contribution in [0.25, 0.3) is 0 Å². The Morgan fingerprint density at radius 1 is 1.50 bits per heavy atom. The summed E-state index contributed by atoms with van der Waals surface area (Å²) in [7, 11) is 0. The molecule has 5 heteroatoms. The Hall–Kier alpha value is -0.710. The average Bonchev–Trinajstić information content (AvgIpc) is 2.39. The van der Waals surface area contributed by atoms with Gasteiger partial charge in [-0.2, -0.15) is 0 Å². The molecule has 0 aliphatic carbocycles. The second kappa shape index (κ2) is 5.57. The third-order valence-electron chi connectivity index (χ3n) is 2.09. The lowest BCUT2D eigenvalue weighted by Crippen LogP contribution is -2.39. The van der Waals surface area contributed by atoms with Crippen molar-refractivity contribution in [2.45, 2.75) is 32.8 Å². The summed E-state index contributed by atoms with van der Waals surface area (Å²) in [6, 6.07) is 0. The number of hydrogen-bond acceptors (Lipinski definition) is 4. The Balaban J connectivity index is 2.59. The molecule has 1 rings (SSSR count). The lowest BCUT2D eigenvalue weighted by Gasteiger charge is -2.26. The van der Waals surface area contributed by atoms with Gasteiger partial charge >= 0.3 is 6.09 Å². The summed E-state index contributed by atoms with van der Waals surface area (Å²) in [5.41, 5.74) is -0.431. The van der Waals surface area contributed by atoms with Crippen LogP contribution in [0.2, 0.25) is 0 Å². The number of hydrogen-bond donors (Lipinski definition) is 0. The van der Waals surface area contributed by atoms with Crippen molar-refractivity contribution in [2.24, 2.45) is 4.99 Å². The first-order valence-corrected chi connectivity index (χ1v) is 6.70. The second-order valence-corrected chi connectivity index (χ2v) is 5.61. The van der Waals surface area contributed by atoms with Gasteiger partial charge in [0, 0.05) is 13.1 Å². The van der Waals surface area contributed by atoms with Crippen LogP contribution in [0, 0.1) is 0 Å². The largest absolute Gasteiger partial charge is 0.444 e. The monoisotopic (exact) mass is 244 g/mol. The van der Waals surface area contributed by atoms with Crippen molar-refractivity contribution in [3.05, 3.63) is 0 Å². The van der Waals surface area contributed by atoms with Gasteiger partial charge in [0.2, 0.25) is 0 Å². The van der Waals surface area contributed by atoms with Crippen LogP contribution in [0.5, 0.6) is 0 Å². The highest BCUT2D eigenvalue weighted by atomic mass is 32.2. The fraction of sp³-hybridized carbons (Fsp3) is 0.818. The van der Waals surface area contributed by atoms with E-state index in [0.29, 0.717) is 6.54 Å². The summed E-state index contributed by atoms with van der Waals surface area (Å²) in [5, 5.41) is 1.00. The SMILES string of the molecule is CSC1=NCCCN(C(=O)OC(C)(C)C)C1. The van der Waals surface area contributed by atoms with E-state index in [2.05, 4.69) is 4.99 Å². The van der Waals surface area contributed by atoms with Gasteiger partial charge in [-0.1, -0.05) is 0 Å². The molecule has 1 aliphatic heterocycles. The highest BCUT2D eigenvalue weighted by Gasteiger charge is 2.23. The van der Waals surface area contributed by atoms with Crippen LogP contribution in [0.4, 0.5) is 4.79 Å². The molecule has 16 heavy (non-hydrogen) atoms. The molecule has 92 valence electrons. The highest BCUT2D eigenvalue weighted by Crippen LogP contribution is 2.13. The van der Waals surface area contributed by atoms with Crippen LogP contribution < -0.4 is 0 Å². The van der Waals surface area contributed by atoms with Crippen molar-refractivity contribution in [3.8, 4) is 0 Å². The molecule has 0 aromatic rings. The minimum Gasteiger partial charge on any atom is -0.444 e. The topological polar surface area (TPSA) is 41.9 Å². The quantitative estimate of drug-likeness (QED) is 0.657. The first kappa shape index (κ1) is 13.4. The summed E-state index contributed by atoms with van der Waals surface area (Å²) in [5.74, 6) is 0. The van der Waals surface area contributed by atoms with Crippen molar-refractivity contribution in [1.29, 1.82) is 0 Å². The molecule has 4 nitrogen and oxygen atoms in total. The minimum atomic E-state index is -0.431. The third-order valence-corrected chi connectivity index (χ3v) is 2.82. The Morgan fingerprint density at radius 2 is 2.19 bits per heavy atom. The maximum atomic E-state index is 11.9. The summed E-state index contributed by atoms with van der Waals surface area (Å²) < 4.78 is 5.35. The molecular weight excluding hydrogens is 224 g/mol. The standard InChI is InChI=1S/C11H20N2O2S/c1-11(2,3)15-10(14)13-7-5-6-12-9(8-13)16-4/h5-8H2,1-4H3. The molecule has 0 N–H and O–H groups in total. The molecule has 0 saturated heterocycles. The zero-order valence-electron chi connectivity index (χ0n) is 10.4. The van der Waals surface area contributed by atoms with E-state index in [1.54, 1.807) is 16.7 Å². The van der Waals surface area contributed by atoms with Crippen molar-refractivity contribution in [2.75, 3.05) is 25.9 Å². The molecule has 0 spiro atoms. The first-order chi connectivity index (χ1) is 7.42. The molecule has 0 radical (unpaired) electrons. The highest BCUT2D eigenvalue weighted by molar-refractivity contribution is 8.13. The van der Waals surface area contributed by atoms with Gasteiger partial charge in [0.05, 0.1) is 11.6 Å². The number of thioether (sulfide) groups is 1. The predicted octanol–water partition coefficient (Wildman–Crippen LogP) is 2.39. The molecule has 0 atom stereocenters. The number of ether oxygens (including phenoxy) is 1. The lowest BCUT2D eigenvalue weighted by atomic mass is 10.2. The molecule has 0 unspecified atom stereocenters. The van der Waals surface area contributed by atoms with Gasteiger partial charge in [-0.25, -0.2) is 4.79 Å². The Morgan fingerprint density at radius 3 is 2.75 bits per heavy atom. The minimum absolute atomic E-state index is 0.240. The van der Waals surface area contributed by atoms with E-state index in [1.165, 1.54) is 0 Å². The van der Waals surface area contributed by atoms with Crippen molar-refractivity contribution in [3.63, 3.8) is 0 Å². The van der Waals surface area contributed by atoms with Crippen LogP contribution in [0.3, 0.4) is 0 Å². The Kier molecular flexibility index (Phi) is 4.65. The molecule has 0 fully saturated rings. The van der Waals surface area contributed by atoms with Gasteiger partial charge in [-0.3, -0.25) is 4.99 Å². The van der Waals surface area contributed by atoms with Gasteiger partial charge in [0.15, 0.2) is 0 Å². The molecule has 0 aromatic carbocycles. The van der Waals surface area contributed by atoms with E-state index in [-0.39, 0.29) is 6.09 Å². The normalized spacial score (nSPS) is 17.8. The van der Waals surface area contributed by atoms with E-state index in [9.17, 15) is 4.79 Å². The van der Waals surface area contributed by atoms with Gasteiger partial charge in [-0.05, 0) is 33.4 Å². The molecule has 1 aliphatic rings. The van der Waals surface area contributed by atoms with Crippen molar-refractivity contribution >= 4 is 22.9 Å². The number of amides is 1. The maximum absolute atomic E-state index is 11.9. The predicted molar refractivity (Wildman–Crippen MR) is 68.2 cm³/mol. The van der Waals surface area contributed by atoms with E-state index in [0.717, 1.165) is 24.6 Å². The average molecular weight is 244 g/mol. The molecule has 0 aromatic heterocycles. The van der Waals surface area contributed by atoms with E-state index in [1.807, 2.05) is 27.0 Å². The Bertz CT molecular complexity index is 284. The van der Waals surface area contributed by atoms with E-state index >= 15 is 0 Å². The van der Waals surface area contributed by atoms with Crippen molar-refractivity contribution in [1.82, 2.24) is 4.90 Å². The molecule has 1 amide bonds. The van der Waals surface area contributed by atoms with Gasteiger partial charge in [0.25, 0.3) is 0 Å². The van der Waals surface area contributed by atoms with Crippen molar-refractivity contribution < 1.29 is 9.53 Å². The van der Waals surface area contributed by atoms with E-state index in [4.69, 9.17) is 4.74 Å². The summed E-state index contributed by atoms with van der Waals surface area (Å²) in [6.07, 6.45) is 2.65. The van der Waals surface area contributed by atoms with Crippen LogP contribution in [0.15, 0.2) is 4.99 Å². The number of rotatable bonds is 0. The zero-order chi connectivity index (χ0) is 12.2. The summed E-state index contributed by atoms with van der Waals surface area (Å²) in [4.78, 5) is 18.0. The van der Waals surface area contributed by atoms with Gasteiger partial charge in [-0.15, -0.1) is 11.8 Å². The van der Waals surface area contributed by atoms with Crippen LogP contribution >= 0.6 is 11.8 Å². The third kappa shape index (κ3) is 4.43. The maximum Gasteiger partial charge on any atom is 0.410 e. The molecule has 0 saturated carbocycles. The van der Waals surface area contributed by atoms with Crippen LogP contribution in [-0.2, 0) is 4.74 Å². The smallest absolute Gasteiger partial charge is 0.410 e. The van der Waals surface area contributed by atoms with E-state index < -0.39 is 5.60 Å². The van der Waals surface area contributed by atoms with Crippen LogP contribution in [0.1, 0.15) is 27.2 Å². The first-order valence-electron chi connectivity index (χ1n) is 5.47. The lowest BCUT2D eigenvalue weighted by molar-refractivity contribution is 0.0282. The number of aliphatic imine (C=N–C) groups is 1. The molecular formula is C11H20N2O2S.